The van der Waals surface area contributed by atoms with Gasteiger partial charge in [-0.1, -0.05) is 36.4 Å². The normalized spacial score (nSPS) is 10.7. The molecular formula is C20H19N3O4. The number of aliphatic hydroxyl groups is 1. The molecule has 0 aliphatic heterocycles. The number of aromatic carboxylic acids is 1. The molecule has 138 valence electrons. The first kappa shape index (κ1) is 19.7. The first-order valence-corrected chi connectivity index (χ1v) is 8.19. The summed E-state index contributed by atoms with van der Waals surface area (Å²) >= 11 is 0. The lowest BCUT2D eigenvalue weighted by Gasteiger charge is -2.20. The molecule has 2 aromatic carbocycles. The Hall–Kier alpha value is -3.63. The fourth-order valence-corrected chi connectivity index (χ4v) is 2.38. The molecule has 0 saturated carbocycles. The molecule has 3 N–H and O–H groups in total. The van der Waals surface area contributed by atoms with Crippen LogP contribution in [0.25, 0.3) is 0 Å². The molecule has 0 bridgehead atoms. The number of hydrogen-bond donors (Lipinski definition) is 3. The molecule has 7 nitrogen and oxygen atoms in total. The van der Waals surface area contributed by atoms with Crippen LogP contribution in [-0.4, -0.2) is 40.1 Å². The highest BCUT2D eigenvalue weighted by molar-refractivity contribution is 6.06. The van der Waals surface area contributed by atoms with Gasteiger partial charge in [0.25, 0.3) is 5.91 Å². The number of nitriles is 1. The third-order valence-corrected chi connectivity index (χ3v) is 3.66. The number of carboxylic acid groups (broad SMARTS) is 1. The van der Waals surface area contributed by atoms with Crippen LogP contribution in [0, 0.1) is 11.3 Å². The maximum atomic E-state index is 12.4. The van der Waals surface area contributed by atoms with Gasteiger partial charge in [-0.3, -0.25) is 4.79 Å². The minimum atomic E-state index is -1.11. The van der Waals surface area contributed by atoms with Gasteiger partial charge in [0, 0.05) is 25.0 Å². The molecule has 2 aromatic rings. The van der Waals surface area contributed by atoms with Gasteiger partial charge in [-0.15, -0.1) is 0 Å². The lowest BCUT2D eigenvalue weighted by Crippen LogP contribution is -2.24. The average Bonchev–Trinajstić information content (AvgIpc) is 2.67. The Morgan fingerprint density at radius 3 is 2.52 bits per heavy atom. The minimum Gasteiger partial charge on any atom is -0.478 e. The van der Waals surface area contributed by atoms with Crippen molar-refractivity contribution in [3.63, 3.8) is 0 Å². The van der Waals surface area contributed by atoms with Crippen molar-refractivity contribution >= 4 is 17.6 Å². The molecule has 2 rings (SSSR count). The topological polar surface area (TPSA) is 114 Å². The third kappa shape index (κ3) is 5.99. The molecule has 1 amide bonds. The van der Waals surface area contributed by atoms with Crippen molar-refractivity contribution in [2.24, 2.45) is 0 Å². The maximum Gasteiger partial charge on any atom is 0.335 e. The summed E-state index contributed by atoms with van der Waals surface area (Å²) in [6.07, 6.45) is 1.39. The Labute approximate surface area is 156 Å². The Kier molecular flexibility index (Phi) is 7.11. The zero-order valence-corrected chi connectivity index (χ0v) is 14.5. The van der Waals surface area contributed by atoms with Gasteiger partial charge in [-0.05, 0) is 23.8 Å². The predicted octanol–water partition coefficient (Wildman–Crippen LogP) is 2.23. The minimum absolute atomic E-state index is 0.0290. The van der Waals surface area contributed by atoms with Gasteiger partial charge in [0.05, 0.1) is 12.2 Å². The van der Waals surface area contributed by atoms with Crippen LogP contribution in [0.4, 0.5) is 5.69 Å². The highest BCUT2D eigenvalue weighted by atomic mass is 16.4. The number of anilines is 1. The van der Waals surface area contributed by atoms with Gasteiger partial charge in [0.15, 0.2) is 0 Å². The van der Waals surface area contributed by atoms with Crippen molar-refractivity contribution < 1.29 is 19.8 Å². The van der Waals surface area contributed by atoms with E-state index in [-0.39, 0.29) is 30.0 Å². The van der Waals surface area contributed by atoms with Crippen LogP contribution in [0.1, 0.15) is 15.9 Å². The van der Waals surface area contributed by atoms with E-state index in [1.54, 1.807) is 4.90 Å². The molecule has 0 atom stereocenters. The van der Waals surface area contributed by atoms with E-state index >= 15 is 0 Å². The summed E-state index contributed by atoms with van der Waals surface area (Å²) in [7, 11) is 0. The number of benzene rings is 2. The van der Waals surface area contributed by atoms with E-state index in [0.717, 1.165) is 5.56 Å². The van der Waals surface area contributed by atoms with Crippen LogP contribution in [0.15, 0.2) is 66.4 Å². The number of rotatable bonds is 8. The van der Waals surface area contributed by atoms with Gasteiger partial charge in [-0.25, -0.2) is 4.79 Å². The molecule has 0 radical (unpaired) electrons. The fourth-order valence-electron chi connectivity index (χ4n) is 2.38. The van der Waals surface area contributed by atoms with Crippen LogP contribution in [0.5, 0.6) is 0 Å². The van der Waals surface area contributed by atoms with Crippen molar-refractivity contribution in [2.75, 3.05) is 18.5 Å². The van der Waals surface area contributed by atoms with E-state index in [2.05, 4.69) is 5.32 Å². The zero-order valence-electron chi connectivity index (χ0n) is 14.5. The van der Waals surface area contributed by atoms with Crippen molar-refractivity contribution in [2.45, 2.75) is 6.54 Å². The summed E-state index contributed by atoms with van der Waals surface area (Å²) in [5, 5.41) is 30.1. The smallest absolute Gasteiger partial charge is 0.335 e. The summed E-state index contributed by atoms with van der Waals surface area (Å²) < 4.78 is 0. The lowest BCUT2D eigenvalue weighted by atomic mass is 10.2. The van der Waals surface area contributed by atoms with Crippen LogP contribution >= 0.6 is 0 Å². The highest BCUT2D eigenvalue weighted by Gasteiger charge is 2.13. The Morgan fingerprint density at radius 2 is 1.89 bits per heavy atom. The zero-order chi connectivity index (χ0) is 19.6. The van der Waals surface area contributed by atoms with E-state index in [4.69, 9.17) is 5.11 Å². The van der Waals surface area contributed by atoms with E-state index in [9.17, 15) is 20.0 Å². The summed E-state index contributed by atoms with van der Waals surface area (Å²) in [6.45, 7) is 0.542. The number of carbonyl (C=O) groups is 2. The molecule has 0 fully saturated rings. The van der Waals surface area contributed by atoms with E-state index < -0.39 is 11.9 Å². The van der Waals surface area contributed by atoms with Gasteiger partial charge in [0.1, 0.15) is 11.6 Å². The standard InChI is InChI=1S/C20H19N3O4/c21-12-17(14-23(9-10-24)13-15-5-2-1-3-6-15)19(25)22-18-8-4-7-16(11-18)20(26)27/h1-8,11,14,24H,9-10,13H2,(H,22,25)(H,26,27)/b17-14-. The van der Waals surface area contributed by atoms with Crippen molar-refractivity contribution in [3.8, 4) is 6.07 Å². The van der Waals surface area contributed by atoms with Gasteiger partial charge in [0.2, 0.25) is 0 Å². The molecule has 0 heterocycles. The quantitative estimate of drug-likeness (QED) is 0.488. The second kappa shape index (κ2) is 9.75. The van der Waals surface area contributed by atoms with Crippen LogP contribution < -0.4 is 5.32 Å². The van der Waals surface area contributed by atoms with E-state index in [1.807, 2.05) is 36.4 Å². The molecule has 0 aliphatic carbocycles. The van der Waals surface area contributed by atoms with E-state index in [0.29, 0.717) is 6.54 Å². The largest absolute Gasteiger partial charge is 0.478 e. The first-order valence-electron chi connectivity index (χ1n) is 8.19. The van der Waals surface area contributed by atoms with Crippen LogP contribution in [0.2, 0.25) is 0 Å². The summed E-state index contributed by atoms with van der Waals surface area (Å²) in [6, 6.07) is 17.0. The number of aliphatic hydroxyl groups excluding tert-OH is 1. The van der Waals surface area contributed by atoms with Crippen LogP contribution in [-0.2, 0) is 11.3 Å². The SMILES string of the molecule is N#C/C(=C/N(CCO)Cc1ccccc1)C(=O)Nc1cccc(C(=O)O)c1. The highest BCUT2D eigenvalue weighted by Crippen LogP contribution is 2.13. The predicted molar refractivity (Wildman–Crippen MR) is 99.7 cm³/mol. The fraction of sp³-hybridized carbons (Fsp3) is 0.150. The van der Waals surface area contributed by atoms with Gasteiger partial charge < -0.3 is 20.4 Å². The Bertz CT molecular complexity index is 872. The Morgan fingerprint density at radius 1 is 1.15 bits per heavy atom. The molecule has 0 saturated heterocycles. The van der Waals surface area contributed by atoms with Crippen molar-refractivity contribution in [3.05, 3.63) is 77.5 Å². The molecule has 0 spiro atoms. The summed E-state index contributed by atoms with van der Waals surface area (Å²) in [5.74, 6) is -1.77. The van der Waals surface area contributed by atoms with Gasteiger partial charge in [-0.2, -0.15) is 5.26 Å². The second-order valence-corrected chi connectivity index (χ2v) is 5.67. The number of carbonyl (C=O) groups excluding carboxylic acids is 1. The molecular weight excluding hydrogens is 346 g/mol. The summed E-state index contributed by atoms with van der Waals surface area (Å²) in [5.41, 5.74) is 1.12. The van der Waals surface area contributed by atoms with E-state index in [1.165, 1.54) is 30.5 Å². The second-order valence-electron chi connectivity index (χ2n) is 5.67. The lowest BCUT2D eigenvalue weighted by molar-refractivity contribution is -0.112. The number of nitrogens with one attached hydrogen (secondary N) is 1. The van der Waals surface area contributed by atoms with Crippen molar-refractivity contribution in [1.29, 1.82) is 5.26 Å². The molecule has 0 aromatic heterocycles. The monoisotopic (exact) mass is 365 g/mol. The van der Waals surface area contributed by atoms with Gasteiger partial charge >= 0.3 is 5.97 Å². The number of nitrogens with zero attached hydrogens (tertiary/aromatic N) is 2. The number of carboxylic acids is 1. The first-order chi connectivity index (χ1) is 13.0. The molecule has 0 aliphatic rings. The molecule has 0 unspecified atom stereocenters. The molecule has 27 heavy (non-hydrogen) atoms. The summed E-state index contributed by atoms with van der Waals surface area (Å²) in [4.78, 5) is 25.1. The van der Waals surface area contributed by atoms with Crippen molar-refractivity contribution in [1.82, 2.24) is 4.90 Å². The van der Waals surface area contributed by atoms with Crippen LogP contribution in [0.3, 0.4) is 0 Å². The molecule has 7 heteroatoms. The average molecular weight is 365 g/mol. The Balaban J connectivity index is 2.16. The third-order valence-electron chi connectivity index (χ3n) is 3.66. The number of hydrogen-bond acceptors (Lipinski definition) is 5. The maximum absolute atomic E-state index is 12.4. The number of amides is 1.